The highest BCUT2D eigenvalue weighted by Gasteiger charge is 2.24. The largest absolute Gasteiger partial charge is 0.336 e. The summed E-state index contributed by atoms with van der Waals surface area (Å²) in [5.74, 6) is -3.55. The van der Waals surface area contributed by atoms with E-state index in [9.17, 15) is 18.4 Å². The molecule has 3 nitrogen and oxygen atoms in total. The van der Waals surface area contributed by atoms with Gasteiger partial charge in [-0.05, 0) is 31.0 Å². The SMILES string of the molecule is O=C(C(=O)N1CCCCCC1)c1ccc(F)c(F)c1. The molecule has 1 aromatic carbocycles. The zero-order valence-corrected chi connectivity index (χ0v) is 10.5. The third kappa shape index (κ3) is 3.16. The van der Waals surface area contributed by atoms with Crippen molar-refractivity contribution in [3.05, 3.63) is 35.4 Å². The summed E-state index contributed by atoms with van der Waals surface area (Å²) in [5.41, 5.74) is -0.104. The van der Waals surface area contributed by atoms with Crippen molar-refractivity contribution >= 4 is 11.7 Å². The first-order valence-corrected chi connectivity index (χ1v) is 6.38. The van der Waals surface area contributed by atoms with Crippen molar-refractivity contribution in [1.29, 1.82) is 0 Å². The number of carbonyl (C=O) groups is 2. The van der Waals surface area contributed by atoms with Crippen LogP contribution in [0.4, 0.5) is 8.78 Å². The molecule has 1 amide bonds. The van der Waals surface area contributed by atoms with Gasteiger partial charge >= 0.3 is 0 Å². The Labute approximate surface area is 110 Å². The van der Waals surface area contributed by atoms with Crippen LogP contribution in [0.15, 0.2) is 18.2 Å². The second kappa shape index (κ2) is 5.91. The van der Waals surface area contributed by atoms with E-state index in [0.29, 0.717) is 13.1 Å². The van der Waals surface area contributed by atoms with E-state index in [2.05, 4.69) is 0 Å². The van der Waals surface area contributed by atoms with Crippen LogP contribution in [0.5, 0.6) is 0 Å². The average Bonchev–Trinajstić information content (AvgIpc) is 2.69. The Morgan fingerprint density at radius 1 is 0.947 bits per heavy atom. The third-order valence-corrected chi connectivity index (χ3v) is 3.27. The number of likely N-dealkylation sites (tertiary alicyclic amines) is 1. The molecule has 19 heavy (non-hydrogen) atoms. The molecule has 2 rings (SSSR count). The molecule has 1 fully saturated rings. The maximum absolute atomic E-state index is 13.1. The molecule has 0 N–H and O–H groups in total. The number of hydrogen-bond acceptors (Lipinski definition) is 2. The molecule has 0 aromatic heterocycles. The summed E-state index contributed by atoms with van der Waals surface area (Å²) in [5, 5.41) is 0. The van der Waals surface area contributed by atoms with Crippen molar-refractivity contribution in [3.63, 3.8) is 0 Å². The van der Waals surface area contributed by atoms with E-state index in [1.165, 1.54) is 4.90 Å². The van der Waals surface area contributed by atoms with Gasteiger partial charge in [-0.25, -0.2) is 8.78 Å². The predicted octanol–water partition coefficient (Wildman–Crippen LogP) is 2.55. The molecular weight excluding hydrogens is 252 g/mol. The fourth-order valence-electron chi connectivity index (χ4n) is 2.18. The monoisotopic (exact) mass is 267 g/mol. The zero-order valence-electron chi connectivity index (χ0n) is 10.5. The van der Waals surface area contributed by atoms with Gasteiger partial charge < -0.3 is 4.90 Å². The maximum atomic E-state index is 13.1. The summed E-state index contributed by atoms with van der Waals surface area (Å²) in [6, 6.07) is 2.77. The number of rotatable bonds is 2. The predicted molar refractivity (Wildman–Crippen MR) is 65.7 cm³/mol. The molecular formula is C14H15F2NO2. The van der Waals surface area contributed by atoms with Crippen LogP contribution in [0, 0.1) is 11.6 Å². The second-order valence-corrected chi connectivity index (χ2v) is 4.66. The van der Waals surface area contributed by atoms with Crippen LogP contribution in [0.25, 0.3) is 0 Å². The van der Waals surface area contributed by atoms with Crippen LogP contribution >= 0.6 is 0 Å². The Kier molecular flexibility index (Phi) is 4.24. The number of hydrogen-bond donors (Lipinski definition) is 0. The van der Waals surface area contributed by atoms with E-state index in [4.69, 9.17) is 0 Å². The summed E-state index contributed by atoms with van der Waals surface area (Å²) >= 11 is 0. The van der Waals surface area contributed by atoms with Gasteiger partial charge in [-0.2, -0.15) is 0 Å². The smallest absolute Gasteiger partial charge is 0.294 e. The van der Waals surface area contributed by atoms with Crippen molar-refractivity contribution in [2.75, 3.05) is 13.1 Å². The van der Waals surface area contributed by atoms with Crippen molar-refractivity contribution in [2.24, 2.45) is 0 Å². The van der Waals surface area contributed by atoms with Gasteiger partial charge in [0.1, 0.15) is 0 Å². The molecule has 0 unspecified atom stereocenters. The Morgan fingerprint density at radius 2 is 1.58 bits per heavy atom. The molecule has 0 spiro atoms. The van der Waals surface area contributed by atoms with Crippen LogP contribution in [-0.2, 0) is 4.79 Å². The summed E-state index contributed by atoms with van der Waals surface area (Å²) in [6.45, 7) is 1.10. The minimum atomic E-state index is -1.12. The third-order valence-electron chi connectivity index (χ3n) is 3.27. The Hall–Kier alpha value is -1.78. The highest BCUT2D eigenvalue weighted by atomic mass is 19.2. The normalized spacial score (nSPS) is 16.0. The average molecular weight is 267 g/mol. The lowest BCUT2D eigenvalue weighted by molar-refractivity contribution is -0.126. The molecule has 0 atom stereocenters. The molecule has 1 saturated heterocycles. The molecule has 102 valence electrons. The van der Waals surface area contributed by atoms with Gasteiger partial charge in [-0.1, -0.05) is 12.8 Å². The summed E-state index contributed by atoms with van der Waals surface area (Å²) < 4.78 is 25.8. The highest BCUT2D eigenvalue weighted by Crippen LogP contribution is 2.13. The van der Waals surface area contributed by atoms with Crippen LogP contribution in [0.3, 0.4) is 0 Å². The number of benzene rings is 1. The Bertz CT molecular complexity index is 494. The van der Waals surface area contributed by atoms with Crippen LogP contribution in [-0.4, -0.2) is 29.7 Å². The van der Waals surface area contributed by atoms with Crippen LogP contribution < -0.4 is 0 Å². The number of ketones is 1. The van der Waals surface area contributed by atoms with Crippen molar-refractivity contribution in [1.82, 2.24) is 4.90 Å². The molecule has 5 heteroatoms. The zero-order chi connectivity index (χ0) is 13.8. The molecule has 1 heterocycles. The molecule has 1 aliphatic heterocycles. The summed E-state index contributed by atoms with van der Waals surface area (Å²) in [4.78, 5) is 25.4. The van der Waals surface area contributed by atoms with E-state index >= 15 is 0 Å². The maximum Gasteiger partial charge on any atom is 0.294 e. The fourth-order valence-corrected chi connectivity index (χ4v) is 2.18. The first kappa shape index (κ1) is 13.6. The number of nitrogens with zero attached hydrogens (tertiary/aromatic N) is 1. The Morgan fingerprint density at radius 3 is 2.16 bits per heavy atom. The van der Waals surface area contributed by atoms with E-state index in [1.807, 2.05) is 0 Å². The molecule has 0 radical (unpaired) electrons. The standard InChI is InChI=1S/C14H15F2NO2/c15-11-6-5-10(9-12(11)16)13(18)14(19)17-7-3-1-2-4-8-17/h5-6,9H,1-4,7-8H2. The van der Waals surface area contributed by atoms with Gasteiger partial charge in [0.05, 0.1) is 0 Å². The minimum Gasteiger partial charge on any atom is -0.336 e. The molecule has 0 bridgehead atoms. The van der Waals surface area contributed by atoms with Crippen LogP contribution in [0.1, 0.15) is 36.0 Å². The first-order chi connectivity index (χ1) is 9.09. The lowest BCUT2D eigenvalue weighted by Gasteiger charge is -2.19. The van der Waals surface area contributed by atoms with E-state index in [0.717, 1.165) is 43.9 Å². The van der Waals surface area contributed by atoms with Crippen LogP contribution in [0.2, 0.25) is 0 Å². The number of carbonyl (C=O) groups excluding carboxylic acids is 2. The molecule has 1 aromatic rings. The number of Topliss-reactive ketones (excluding diaryl/α,β-unsaturated/α-hetero) is 1. The lowest BCUT2D eigenvalue weighted by Crippen LogP contribution is -2.37. The Balaban J connectivity index is 2.13. The second-order valence-electron chi connectivity index (χ2n) is 4.66. The quantitative estimate of drug-likeness (QED) is 0.610. The fraction of sp³-hybridized carbons (Fsp3) is 0.429. The highest BCUT2D eigenvalue weighted by molar-refractivity contribution is 6.42. The van der Waals surface area contributed by atoms with Gasteiger partial charge in [0, 0.05) is 18.7 Å². The first-order valence-electron chi connectivity index (χ1n) is 6.38. The lowest BCUT2D eigenvalue weighted by atomic mass is 10.1. The topological polar surface area (TPSA) is 37.4 Å². The van der Waals surface area contributed by atoms with Gasteiger partial charge in [0.2, 0.25) is 5.78 Å². The van der Waals surface area contributed by atoms with Gasteiger partial charge in [-0.3, -0.25) is 9.59 Å². The molecule has 0 saturated carbocycles. The van der Waals surface area contributed by atoms with Gasteiger partial charge in [0.25, 0.3) is 5.91 Å². The van der Waals surface area contributed by atoms with Crippen molar-refractivity contribution < 1.29 is 18.4 Å². The number of halogens is 2. The number of amides is 1. The van der Waals surface area contributed by atoms with E-state index in [-0.39, 0.29) is 5.56 Å². The molecule has 1 aliphatic rings. The van der Waals surface area contributed by atoms with Crippen molar-refractivity contribution in [2.45, 2.75) is 25.7 Å². The van der Waals surface area contributed by atoms with E-state index in [1.54, 1.807) is 0 Å². The van der Waals surface area contributed by atoms with E-state index < -0.39 is 23.3 Å². The minimum absolute atomic E-state index is 0.104. The van der Waals surface area contributed by atoms with Gasteiger partial charge in [0.15, 0.2) is 11.6 Å². The van der Waals surface area contributed by atoms with Gasteiger partial charge in [-0.15, -0.1) is 0 Å². The summed E-state index contributed by atoms with van der Waals surface area (Å²) in [6.07, 6.45) is 3.83. The molecule has 0 aliphatic carbocycles. The van der Waals surface area contributed by atoms with Crippen molar-refractivity contribution in [3.8, 4) is 0 Å². The summed E-state index contributed by atoms with van der Waals surface area (Å²) in [7, 11) is 0.